The molecule has 5 aromatic rings. The van der Waals surface area contributed by atoms with Crippen LogP contribution < -0.4 is 5.19 Å². The van der Waals surface area contributed by atoms with Crippen molar-refractivity contribution in [1.29, 1.82) is 0 Å². The van der Waals surface area contributed by atoms with Crippen LogP contribution in [0.15, 0.2) is 77.0 Å². The number of nitrogens with zero attached hydrogens (tertiary/aromatic N) is 1. The Labute approximate surface area is 309 Å². The predicted molar refractivity (Wildman–Crippen MR) is 208 cm³/mol. The standard InChI is InChI=1S/C28H28NOSi.C15H28O2.Ir/c1-28(2,3)24-16-19(15-18-9-7-8-10-21(18)24)26-27-23(13-14-29-26)22-12-11-20(31(4,5)6)17-25(22)30-27;1-7-14(5,8-2)12(16)11-13(17)15(6,9-3)10-4;/h7-14,16-17H,1-6H3;11,16H,7-10H2,1-6H3;/q-1;;/b;12-11-;. The molecule has 1 radical (unpaired) electrons. The number of aliphatic hydroxyl groups excluding tert-OH is 1. The summed E-state index contributed by atoms with van der Waals surface area (Å²) < 4.78 is 6.45. The van der Waals surface area contributed by atoms with Crippen molar-refractivity contribution in [3.05, 3.63) is 84.3 Å². The molecule has 1 N–H and O–H groups in total. The van der Waals surface area contributed by atoms with Crippen molar-refractivity contribution in [2.24, 2.45) is 10.8 Å². The molecule has 265 valence electrons. The van der Waals surface area contributed by atoms with Gasteiger partial charge in [-0.1, -0.05) is 128 Å². The Bertz CT molecular complexity index is 1950. The van der Waals surface area contributed by atoms with Crippen molar-refractivity contribution in [3.8, 4) is 11.3 Å². The third kappa shape index (κ3) is 8.47. The van der Waals surface area contributed by atoms with E-state index in [0.717, 1.165) is 64.3 Å². The number of benzene rings is 3. The maximum absolute atomic E-state index is 12.2. The Kier molecular flexibility index (Phi) is 12.7. The van der Waals surface area contributed by atoms with Crippen molar-refractivity contribution in [1.82, 2.24) is 4.98 Å². The third-order valence-corrected chi connectivity index (χ3v) is 12.7. The topological polar surface area (TPSA) is 63.3 Å². The molecule has 0 fully saturated rings. The fraction of sp³-hybridized carbons (Fsp3) is 0.442. The van der Waals surface area contributed by atoms with Gasteiger partial charge < -0.3 is 9.52 Å². The summed E-state index contributed by atoms with van der Waals surface area (Å²) in [5, 5.41) is 16.2. The molecule has 0 saturated carbocycles. The van der Waals surface area contributed by atoms with Gasteiger partial charge in [-0.15, -0.1) is 29.1 Å². The van der Waals surface area contributed by atoms with Gasteiger partial charge in [0, 0.05) is 59.7 Å². The van der Waals surface area contributed by atoms with Crippen LogP contribution in [0.3, 0.4) is 0 Å². The number of aliphatic hydroxyl groups is 1. The van der Waals surface area contributed by atoms with E-state index in [0.29, 0.717) is 0 Å². The first-order chi connectivity index (χ1) is 22.4. The summed E-state index contributed by atoms with van der Waals surface area (Å²) in [4.78, 5) is 16.9. The second kappa shape index (κ2) is 15.5. The number of ketones is 1. The molecule has 0 unspecified atom stereocenters. The zero-order valence-corrected chi connectivity index (χ0v) is 35.1. The van der Waals surface area contributed by atoms with Crippen LogP contribution in [0, 0.1) is 16.9 Å². The number of pyridine rings is 1. The molecule has 5 rings (SSSR count). The average Bonchev–Trinajstić information content (AvgIpc) is 3.44. The zero-order valence-electron chi connectivity index (χ0n) is 31.7. The van der Waals surface area contributed by atoms with E-state index in [-0.39, 0.29) is 47.9 Å². The van der Waals surface area contributed by atoms with Crippen LogP contribution in [0.2, 0.25) is 19.6 Å². The van der Waals surface area contributed by atoms with E-state index < -0.39 is 8.07 Å². The fourth-order valence-corrected chi connectivity index (χ4v) is 7.17. The minimum absolute atomic E-state index is 0. The van der Waals surface area contributed by atoms with Crippen LogP contribution in [0.4, 0.5) is 0 Å². The molecule has 0 bridgehead atoms. The molecule has 0 aliphatic carbocycles. The number of rotatable bonds is 9. The van der Waals surface area contributed by atoms with Gasteiger partial charge in [-0.25, -0.2) is 0 Å². The molecule has 4 nitrogen and oxygen atoms in total. The van der Waals surface area contributed by atoms with E-state index in [4.69, 9.17) is 9.40 Å². The van der Waals surface area contributed by atoms with Crippen molar-refractivity contribution in [2.45, 2.75) is 113 Å². The maximum Gasteiger partial charge on any atom is 0.164 e. The molecule has 49 heavy (non-hydrogen) atoms. The van der Waals surface area contributed by atoms with Crippen LogP contribution in [0.1, 0.15) is 93.6 Å². The molecular formula is C43H56IrNO3Si-. The van der Waals surface area contributed by atoms with Crippen molar-refractivity contribution in [3.63, 3.8) is 0 Å². The summed E-state index contributed by atoms with van der Waals surface area (Å²) in [6.07, 6.45) is 6.64. The molecule has 0 spiro atoms. The van der Waals surface area contributed by atoms with Gasteiger partial charge in [-0.2, -0.15) is 0 Å². The van der Waals surface area contributed by atoms with Gasteiger partial charge in [0.1, 0.15) is 16.9 Å². The van der Waals surface area contributed by atoms with Gasteiger partial charge in [0.15, 0.2) is 5.78 Å². The zero-order chi connectivity index (χ0) is 35.7. The Morgan fingerprint density at radius 2 is 1.45 bits per heavy atom. The molecule has 0 aliphatic rings. The molecule has 2 aromatic heterocycles. The molecule has 2 heterocycles. The fourth-order valence-electron chi connectivity index (χ4n) is 6.02. The second-order valence-corrected chi connectivity index (χ2v) is 21.0. The SMILES string of the molecule is CC(C)(C)c1cc(-c2nccc3c2oc2cc([Si](C)(C)C)ccc23)[c-]c2ccccc12.CCC(C)(CC)C(=O)/C=C(\O)C(C)(CC)CC.[Ir]. The Balaban J connectivity index is 0.000000312. The minimum atomic E-state index is -1.42. The van der Waals surface area contributed by atoms with Crippen LogP contribution in [0.5, 0.6) is 0 Å². The number of aromatic nitrogens is 1. The second-order valence-electron chi connectivity index (χ2n) is 15.9. The summed E-state index contributed by atoms with van der Waals surface area (Å²) in [6.45, 7) is 25.9. The normalized spacial score (nSPS) is 12.9. The van der Waals surface area contributed by atoms with E-state index in [1.807, 2.05) is 47.7 Å². The Hall–Kier alpha value is -3.05. The van der Waals surface area contributed by atoms with Crippen molar-refractivity contribution in [2.75, 3.05) is 0 Å². The molecule has 6 heteroatoms. The van der Waals surface area contributed by atoms with Crippen molar-refractivity contribution >= 4 is 51.8 Å². The number of carbonyl (C=O) groups is 1. The third-order valence-electron chi connectivity index (χ3n) is 10.7. The number of carbonyl (C=O) groups excluding carboxylic acids is 1. The van der Waals surface area contributed by atoms with Crippen molar-refractivity contribution < 1.29 is 34.4 Å². The van der Waals surface area contributed by atoms with E-state index in [1.54, 1.807) is 0 Å². The summed E-state index contributed by atoms with van der Waals surface area (Å²) in [5.74, 6) is 0.286. The molecule has 0 saturated heterocycles. The average molecular weight is 855 g/mol. The summed E-state index contributed by atoms with van der Waals surface area (Å²) in [6, 6.07) is 23.1. The molecule has 3 aromatic carbocycles. The quantitative estimate of drug-likeness (QED) is 0.0694. The van der Waals surface area contributed by atoms with E-state index in [1.165, 1.54) is 22.2 Å². The van der Waals surface area contributed by atoms with Crippen LogP contribution in [-0.4, -0.2) is 23.9 Å². The van der Waals surface area contributed by atoms with Gasteiger partial charge in [0.25, 0.3) is 0 Å². The van der Waals surface area contributed by atoms with Gasteiger partial charge in [0.2, 0.25) is 0 Å². The first-order valence-electron chi connectivity index (χ1n) is 17.7. The molecule has 0 amide bonds. The number of hydrogen-bond donors (Lipinski definition) is 1. The van der Waals surface area contributed by atoms with Gasteiger partial charge >= 0.3 is 0 Å². The number of hydrogen-bond acceptors (Lipinski definition) is 4. The van der Waals surface area contributed by atoms with Gasteiger partial charge in [-0.05, 0) is 43.2 Å². The van der Waals surface area contributed by atoms with Gasteiger partial charge in [0.05, 0.1) is 8.07 Å². The molecule has 0 atom stereocenters. The Morgan fingerprint density at radius 3 is 2.02 bits per heavy atom. The predicted octanol–water partition coefficient (Wildman–Crippen LogP) is 12.1. The molecule has 0 aliphatic heterocycles. The van der Waals surface area contributed by atoms with E-state index in [9.17, 15) is 9.90 Å². The monoisotopic (exact) mass is 855 g/mol. The summed E-state index contributed by atoms with van der Waals surface area (Å²) in [7, 11) is -1.42. The maximum atomic E-state index is 12.2. The van der Waals surface area contributed by atoms with Crippen LogP contribution in [0.25, 0.3) is 44.0 Å². The number of furan rings is 1. The van der Waals surface area contributed by atoms with Gasteiger partial charge in [-0.3, -0.25) is 9.78 Å². The summed E-state index contributed by atoms with van der Waals surface area (Å²) in [5.41, 5.74) is 4.34. The van der Waals surface area contributed by atoms with E-state index in [2.05, 4.69) is 101 Å². The summed E-state index contributed by atoms with van der Waals surface area (Å²) >= 11 is 0. The van der Waals surface area contributed by atoms with Crippen LogP contribution in [-0.2, 0) is 30.3 Å². The first kappa shape index (κ1) is 40.4. The van der Waals surface area contributed by atoms with E-state index >= 15 is 0 Å². The molecular weight excluding hydrogens is 799 g/mol. The minimum Gasteiger partial charge on any atom is -0.512 e. The largest absolute Gasteiger partial charge is 0.512 e. The van der Waals surface area contributed by atoms with Crippen LogP contribution >= 0.6 is 0 Å². The smallest absolute Gasteiger partial charge is 0.164 e. The Morgan fingerprint density at radius 1 is 0.837 bits per heavy atom. The number of allylic oxidation sites excluding steroid dienone is 2. The number of fused-ring (bicyclic) bond motifs is 4. The first-order valence-corrected chi connectivity index (χ1v) is 21.2.